The Morgan fingerprint density at radius 3 is 2.90 bits per heavy atom. The number of ether oxygens (including phenoxy) is 2. The molecule has 3 heterocycles. The molecule has 0 radical (unpaired) electrons. The van der Waals surface area contributed by atoms with Gasteiger partial charge in [0.25, 0.3) is 0 Å². The van der Waals surface area contributed by atoms with Crippen molar-refractivity contribution in [1.29, 1.82) is 0 Å². The van der Waals surface area contributed by atoms with Crippen LogP contribution in [0.15, 0.2) is 47.7 Å². The number of anilines is 2. The van der Waals surface area contributed by atoms with Crippen LogP contribution in [0.25, 0.3) is 5.82 Å². The van der Waals surface area contributed by atoms with Crippen molar-refractivity contribution in [1.82, 2.24) is 14.7 Å². The van der Waals surface area contributed by atoms with Gasteiger partial charge in [0.2, 0.25) is 5.91 Å². The molecule has 2 aliphatic rings. The number of amides is 1. The fourth-order valence-corrected chi connectivity index (χ4v) is 5.19. The van der Waals surface area contributed by atoms with Gasteiger partial charge in [-0.3, -0.25) is 19.4 Å². The number of hydrogen-bond acceptors (Lipinski definition) is 9. The van der Waals surface area contributed by atoms with E-state index < -0.39 is 17.5 Å². The lowest BCUT2D eigenvalue weighted by molar-refractivity contribution is -0.118. The van der Waals surface area contributed by atoms with Gasteiger partial charge in [-0.2, -0.15) is 5.10 Å². The Kier molecular flexibility index (Phi) is 8.64. The summed E-state index contributed by atoms with van der Waals surface area (Å²) >= 11 is 0. The van der Waals surface area contributed by atoms with Crippen molar-refractivity contribution in [3.63, 3.8) is 0 Å². The highest BCUT2D eigenvalue weighted by Crippen LogP contribution is 2.29. The number of fused-ring (bicyclic) bond motifs is 1. The lowest BCUT2D eigenvalue weighted by Crippen LogP contribution is -2.43. The number of aliphatic hydroxyl groups excluding tert-OH is 1. The first kappa shape index (κ1) is 28.3. The van der Waals surface area contributed by atoms with Crippen LogP contribution in [0.5, 0.6) is 11.5 Å². The molecule has 0 saturated carbocycles. The molecule has 0 bridgehead atoms. The second kappa shape index (κ2) is 12.5. The van der Waals surface area contributed by atoms with Gasteiger partial charge >= 0.3 is 0 Å². The molecule has 4 N–H and O–H groups in total. The molecule has 2 aliphatic heterocycles. The molecule has 218 valence electrons. The van der Waals surface area contributed by atoms with Gasteiger partial charge in [0.15, 0.2) is 23.1 Å². The van der Waals surface area contributed by atoms with Gasteiger partial charge in [-0.15, -0.1) is 0 Å². The molecule has 0 spiro atoms. The van der Waals surface area contributed by atoms with Crippen LogP contribution in [0.2, 0.25) is 0 Å². The summed E-state index contributed by atoms with van der Waals surface area (Å²) in [5.74, 6) is -1.19. The maximum atomic E-state index is 14.9. The summed E-state index contributed by atoms with van der Waals surface area (Å²) in [7, 11) is 1.52. The van der Waals surface area contributed by atoms with Crippen LogP contribution in [-0.4, -0.2) is 71.8 Å². The summed E-state index contributed by atoms with van der Waals surface area (Å²) in [6, 6.07) is 7.65. The summed E-state index contributed by atoms with van der Waals surface area (Å²) < 4.78 is 42.2. The van der Waals surface area contributed by atoms with Crippen LogP contribution in [-0.2, 0) is 11.3 Å². The van der Waals surface area contributed by atoms with Crippen LogP contribution < -0.4 is 36.0 Å². The molecule has 1 saturated heterocycles. The van der Waals surface area contributed by atoms with E-state index in [9.17, 15) is 18.7 Å². The van der Waals surface area contributed by atoms with Crippen LogP contribution in [0.1, 0.15) is 19.3 Å². The number of primary amides is 1. The number of nitrogens with two attached hydrogens (primary N) is 1. The van der Waals surface area contributed by atoms with E-state index in [1.54, 1.807) is 18.3 Å². The van der Waals surface area contributed by atoms with Crippen molar-refractivity contribution >= 4 is 23.1 Å². The largest absolute Gasteiger partial charge is 0.493 e. The SMILES string of the molecule is COc1cc2c(cc1OCCCN1CCC[C@@H]1CO)=NCN(c1cccc(F)c1F)C=2Nc1cnn(CC(N)=O)c1. The van der Waals surface area contributed by atoms with Crippen molar-refractivity contribution < 1.29 is 28.2 Å². The first-order valence-corrected chi connectivity index (χ1v) is 13.4. The zero-order valence-electron chi connectivity index (χ0n) is 22.7. The molecule has 0 aliphatic carbocycles. The van der Waals surface area contributed by atoms with E-state index in [0.29, 0.717) is 40.2 Å². The molecule has 5 rings (SSSR count). The van der Waals surface area contributed by atoms with E-state index in [4.69, 9.17) is 15.2 Å². The number of hydrogen-bond donors (Lipinski definition) is 3. The van der Waals surface area contributed by atoms with Crippen molar-refractivity contribution in [2.45, 2.75) is 31.8 Å². The number of carbonyl (C=O) groups is 1. The number of halogens is 2. The number of carbonyl (C=O) groups excluding carboxylic acids is 1. The number of nitrogens with one attached hydrogen (secondary N) is 1. The molecule has 1 amide bonds. The number of rotatable bonds is 12. The number of nitrogens with zero attached hydrogens (tertiary/aromatic N) is 5. The minimum absolute atomic E-state index is 0.00555. The Labute approximate surface area is 235 Å². The van der Waals surface area contributed by atoms with E-state index in [-0.39, 0.29) is 31.5 Å². The van der Waals surface area contributed by atoms with Crippen molar-refractivity contribution in [2.24, 2.45) is 10.7 Å². The monoisotopic (exact) mass is 569 g/mol. The van der Waals surface area contributed by atoms with Gasteiger partial charge in [-0.1, -0.05) is 6.07 Å². The predicted molar refractivity (Wildman–Crippen MR) is 148 cm³/mol. The van der Waals surface area contributed by atoms with E-state index in [0.717, 1.165) is 38.4 Å². The Morgan fingerprint density at radius 2 is 2.12 bits per heavy atom. The summed E-state index contributed by atoms with van der Waals surface area (Å²) in [5, 5.41) is 18.0. The van der Waals surface area contributed by atoms with Crippen molar-refractivity contribution in [2.75, 3.05) is 50.3 Å². The molecule has 0 unspecified atom stereocenters. The first-order valence-electron chi connectivity index (χ1n) is 13.4. The van der Waals surface area contributed by atoms with Crippen LogP contribution in [0.3, 0.4) is 0 Å². The molecule has 11 nitrogen and oxygen atoms in total. The number of methoxy groups -OCH3 is 1. The average molecular weight is 570 g/mol. The number of likely N-dealkylation sites (tertiary alicyclic amines) is 1. The lowest BCUT2D eigenvalue weighted by Gasteiger charge is -2.29. The molecule has 1 aromatic heterocycles. The van der Waals surface area contributed by atoms with E-state index >= 15 is 0 Å². The van der Waals surface area contributed by atoms with Crippen molar-refractivity contribution in [3.05, 3.63) is 64.9 Å². The van der Waals surface area contributed by atoms with E-state index in [1.165, 1.54) is 35.0 Å². The molecule has 1 atom stereocenters. The highest BCUT2D eigenvalue weighted by molar-refractivity contribution is 5.78. The number of benzene rings is 2. The fourth-order valence-electron chi connectivity index (χ4n) is 5.19. The lowest BCUT2D eigenvalue weighted by atomic mass is 10.2. The highest BCUT2D eigenvalue weighted by Gasteiger charge is 2.25. The van der Waals surface area contributed by atoms with E-state index in [1.807, 2.05) is 0 Å². The molecule has 13 heteroatoms. The van der Waals surface area contributed by atoms with E-state index in [2.05, 4.69) is 20.3 Å². The molecule has 2 aromatic carbocycles. The average Bonchev–Trinajstić information content (AvgIpc) is 3.61. The van der Waals surface area contributed by atoms with Gasteiger partial charge in [0, 0.05) is 30.1 Å². The van der Waals surface area contributed by atoms with Gasteiger partial charge in [-0.25, -0.2) is 8.78 Å². The van der Waals surface area contributed by atoms with Gasteiger partial charge in [0.1, 0.15) is 19.0 Å². The summed E-state index contributed by atoms with van der Waals surface area (Å²) in [6.45, 7) is 2.28. The van der Waals surface area contributed by atoms with Crippen LogP contribution in [0, 0.1) is 11.6 Å². The Balaban J connectivity index is 1.46. The summed E-state index contributed by atoms with van der Waals surface area (Å²) in [6.07, 6.45) is 5.95. The van der Waals surface area contributed by atoms with Gasteiger partial charge < -0.3 is 30.5 Å². The third-order valence-corrected chi connectivity index (χ3v) is 7.18. The molecule has 3 aromatic rings. The molecular weight excluding hydrogens is 536 g/mol. The maximum absolute atomic E-state index is 14.9. The minimum atomic E-state index is -1.01. The quantitative estimate of drug-likeness (QED) is 0.277. The number of aromatic nitrogens is 2. The normalized spacial score (nSPS) is 16.8. The maximum Gasteiger partial charge on any atom is 0.239 e. The first-order chi connectivity index (χ1) is 19.9. The fraction of sp³-hybridized carbons (Fsp3) is 0.393. The standard InChI is InChI=1S/C28H33F2N7O4/c1-40-24-11-20-22(12-25(24)41-10-4-9-35-8-3-5-19(35)16-38)32-17-37(23-7-2-6-21(29)27(23)30)28(20)34-18-13-33-36(14-18)15-26(31)39/h2,6-7,11-14,19,34,38H,3-5,8-10,15-17H2,1H3,(H2,31,39)/t19-/m1/s1. The Hall–Kier alpha value is -4.23. The molecule has 1 fully saturated rings. The topological polar surface area (TPSA) is 130 Å². The molecule has 41 heavy (non-hydrogen) atoms. The second-order valence-corrected chi connectivity index (χ2v) is 9.90. The summed E-state index contributed by atoms with van der Waals surface area (Å²) in [5.41, 5.74) is 5.78. The van der Waals surface area contributed by atoms with Crippen molar-refractivity contribution in [3.8, 4) is 11.5 Å². The Morgan fingerprint density at radius 1 is 1.27 bits per heavy atom. The number of aliphatic hydroxyl groups is 1. The third-order valence-electron chi connectivity index (χ3n) is 7.18. The molecular formula is C28H33F2N7O4. The van der Waals surface area contributed by atoms with Gasteiger partial charge in [-0.05, 0) is 44.0 Å². The zero-order chi connectivity index (χ0) is 28.9. The second-order valence-electron chi connectivity index (χ2n) is 9.90. The minimum Gasteiger partial charge on any atom is -0.493 e. The predicted octanol–water partition coefficient (Wildman–Crippen LogP) is 1.16. The summed E-state index contributed by atoms with van der Waals surface area (Å²) in [4.78, 5) is 19.8. The van der Waals surface area contributed by atoms with Crippen LogP contribution in [0.4, 0.5) is 20.2 Å². The smallest absolute Gasteiger partial charge is 0.239 e. The van der Waals surface area contributed by atoms with Crippen LogP contribution >= 0.6 is 0 Å². The van der Waals surface area contributed by atoms with Gasteiger partial charge in [0.05, 0.1) is 43.3 Å². The zero-order valence-corrected chi connectivity index (χ0v) is 22.7. The third kappa shape index (κ3) is 6.25. The Bertz CT molecular complexity index is 1530. The highest BCUT2D eigenvalue weighted by atomic mass is 19.2.